The first-order valence-electron chi connectivity index (χ1n) is 5.44. The lowest BCUT2D eigenvalue weighted by Gasteiger charge is -2.37. The maximum absolute atomic E-state index is 10.2. The minimum atomic E-state index is -0.360. The number of likely N-dealkylation sites (tertiary alicyclic amines) is 1. The van der Waals surface area contributed by atoms with E-state index in [1.807, 2.05) is 0 Å². The molecule has 13 heavy (non-hydrogen) atoms. The minimum absolute atomic E-state index is 0.360. The number of hydrogen-bond donors (Lipinski definition) is 2. The van der Waals surface area contributed by atoms with Gasteiger partial charge < -0.3 is 15.3 Å². The van der Waals surface area contributed by atoms with E-state index in [4.69, 9.17) is 0 Å². The molecule has 2 aliphatic rings. The summed E-state index contributed by atoms with van der Waals surface area (Å²) < 4.78 is 0. The molecule has 2 N–H and O–H groups in total. The molecule has 2 aliphatic heterocycles. The van der Waals surface area contributed by atoms with Crippen molar-refractivity contribution in [1.29, 1.82) is 0 Å². The molecule has 2 saturated heterocycles. The Labute approximate surface area is 80.1 Å². The van der Waals surface area contributed by atoms with Crippen molar-refractivity contribution in [2.45, 2.75) is 31.3 Å². The van der Waals surface area contributed by atoms with Crippen LogP contribution in [0.15, 0.2) is 0 Å². The molecule has 0 atom stereocenters. The van der Waals surface area contributed by atoms with Gasteiger partial charge in [0.2, 0.25) is 0 Å². The summed E-state index contributed by atoms with van der Waals surface area (Å²) >= 11 is 0. The van der Waals surface area contributed by atoms with Crippen LogP contribution < -0.4 is 5.32 Å². The van der Waals surface area contributed by atoms with Crippen molar-refractivity contribution >= 4 is 0 Å². The van der Waals surface area contributed by atoms with Crippen LogP contribution in [0.2, 0.25) is 0 Å². The fraction of sp³-hybridized carbons (Fsp3) is 1.00. The monoisotopic (exact) mass is 184 g/mol. The summed E-state index contributed by atoms with van der Waals surface area (Å²) in [5.74, 6) is 0. The van der Waals surface area contributed by atoms with Gasteiger partial charge >= 0.3 is 0 Å². The molecule has 0 bridgehead atoms. The molecular weight excluding hydrogens is 164 g/mol. The molecule has 0 radical (unpaired) electrons. The Bertz CT molecular complexity index is 162. The van der Waals surface area contributed by atoms with E-state index in [2.05, 4.69) is 10.2 Å². The van der Waals surface area contributed by atoms with E-state index in [-0.39, 0.29) is 5.60 Å². The van der Waals surface area contributed by atoms with Crippen molar-refractivity contribution < 1.29 is 5.11 Å². The van der Waals surface area contributed by atoms with Crippen LogP contribution in [0.5, 0.6) is 0 Å². The van der Waals surface area contributed by atoms with Crippen LogP contribution in [0, 0.1) is 0 Å². The first-order chi connectivity index (χ1) is 6.29. The van der Waals surface area contributed by atoms with Crippen LogP contribution in [0.25, 0.3) is 0 Å². The molecule has 0 saturated carbocycles. The first kappa shape index (κ1) is 9.44. The molecule has 3 heteroatoms. The fourth-order valence-electron chi connectivity index (χ4n) is 2.11. The van der Waals surface area contributed by atoms with Gasteiger partial charge in [-0.3, -0.25) is 0 Å². The third kappa shape index (κ3) is 2.42. The number of hydrogen-bond acceptors (Lipinski definition) is 3. The topological polar surface area (TPSA) is 35.5 Å². The molecule has 3 nitrogen and oxygen atoms in total. The van der Waals surface area contributed by atoms with E-state index in [9.17, 15) is 5.11 Å². The van der Waals surface area contributed by atoms with Crippen LogP contribution in [0.1, 0.15) is 25.7 Å². The summed E-state index contributed by atoms with van der Waals surface area (Å²) in [4.78, 5) is 2.43. The van der Waals surface area contributed by atoms with Gasteiger partial charge in [-0.05, 0) is 51.9 Å². The van der Waals surface area contributed by atoms with E-state index >= 15 is 0 Å². The lowest BCUT2D eigenvalue weighted by Crippen LogP contribution is -2.46. The highest BCUT2D eigenvalue weighted by Crippen LogP contribution is 2.23. The van der Waals surface area contributed by atoms with Crippen molar-refractivity contribution in [3.05, 3.63) is 0 Å². The zero-order valence-corrected chi connectivity index (χ0v) is 8.26. The van der Waals surface area contributed by atoms with Gasteiger partial charge in [0.05, 0.1) is 5.60 Å². The number of piperidine rings is 1. The van der Waals surface area contributed by atoms with Gasteiger partial charge in [0, 0.05) is 6.54 Å². The van der Waals surface area contributed by atoms with Crippen LogP contribution >= 0.6 is 0 Å². The Morgan fingerprint density at radius 3 is 2.46 bits per heavy atom. The molecule has 2 heterocycles. The van der Waals surface area contributed by atoms with Gasteiger partial charge in [0.25, 0.3) is 0 Å². The largest absolute Gasteiger partial charge is 0.390 e. The highest BCUT2D eigenvalue weighted by molar-refractivity contribution is 4.85. The Morgan fingerprint density at radius 1 is 1.23 bits per heavy atom. The van der Waals surface area contributed by atoms with Gasteiger partial charge in [-0.1, -0.05) is 0 Å². The summed E-state index contributed by atoms with van der Waals surface area (Å²) in [6.45, 7) is 5.55. The molecule has 2 fully saturated rings. The van der Waals surface area contributed by atoms with E-state index in [0.717, 1.165) is 38.9 Å². The minimum Gasteiger partial charge on any atom is -0.390 e. The molecule has 0 amide bonds. The Balaban J connectivity index is 1.71. The van der Waals surface area contributed by atoms with Crippen molar-refractivity contribution in [1.82, 2.24) is 10.2 Å². The zero-order valence-electron chi connectivity index (χ0n) is 8.26. The fourth-order valence-corrected chi connectivity index (χ4v) is 2.11. The lowest BCUT2D eigenvalue weighted by molar-refractivity contribution is -0.0104. The second kappa shape index (κ2) is 3.95. The maximum Gasteiger partial charge on any atom is 0.0684 e. The van der Waals surface area contributed by atoms with E-state index < -0.39 is 0 Å². The smallest absolute Gasteiger partial charge is 0.0684 e. The molecule has 0 aromatic carbocycles. The predicted octanol–water partition coefficient (Wildman–Crippen LogP) is 0.197. The summed E-state index contributed by atoms with van der Waals surface area (Å²) in [6, 6.07) is 0. The van der Waals surface area contributed by atoms with Gasteiger partial charge in [0.1, 0.15) is 0 Å². The molecule has 0 spiro atoms. The van der Waals surface area contributed by atoms with Gasteiger partial charge in [0.15, 0.2) is 0 Å². The van der Waals surface area contributed by atoms with Crippen LogP contribution in [0.3, 0.4) is 0 Å². The molecule has 0 aromatic heterocycles. The SMILES string of the molecule is OC1(CCN2CCC2)CCNCC1. The van der Waals surface area contributed by atoms with E-state index in [0.29, 0.717) is 0 Å². The summed E-state index contributed by atoms with van der Waals surface area (Å²) in [5.41, 5.74) is -0.360. The zero-order chi connectivity index (χ0) is 9.15. The van der Waals surface area contributed by atoms with Crippen molar-refractivity contribution in [3.63, 3.8) is 0 Å². The Kier molecular flexibility index (Phi) is 2.86. The molecule has 0 aromatic rings. The van der Waals surface area contributed by atoms with Crippen molar-refractivity contribution in [2.24, 2.45) is 0 Å². The molecular formula is C10H20N2O. The molecule has 0 aliphatic carbocycles. The average Bonchev–Trinajstić information content (AvgIpc) is 2.02. The van der Waals surface area contributed by atoms with Crippen LogP contribution in [0.4, 0.5) is 0 Å². The standard InChI is InChI=1S/C10H20N2O/c13-10(2-5-11-6-3-10)4-9-12-7-1-8-12/h11,13H,1-9H2. The van der Waals surface area contributed by atoms with Gasteiger partial charge in [-0.15, -0.1) is 0 Å². The highest BCUT2D eigenvalue weighted by atomic mass is 16.3. The van der Waals surface area contributed by atoms with E-state index in [1.165, 1.54) is 19.5 Å². The summed E-state index contributed by atoms with van der Waals surface area (Å²) in [6.07, 6.45) is 4.18. The second-order valence-electron chi connectivity index (χ2n) is 4.42. The van der Waals surface area contributed by atoms with Crippen LogP contribution in [-0.2, 0) is 0 Å². The quantitative estimate of drug-likeness (QED) is 0.657. The maximum atomic E-state index is 10.2. The van der Waals surface area contributed by atoms with Gasteiger partial charge in [-0.2, -0.15) is 0 Å². The molecule has 0 unspecified atom stereocenters. The van der Waals surface area contributed by atoms with Crippen molar-refractivity contribution in [2.75, 3.05) is 32.7 Å². The third-order valence-corrected chi connectivity index (χ3v) is 3.38. The lowest BCUT2D eigenvalue weighted by atomic mass is 9.88. The Morgan fingerprint density at radius 2 is 1.92 bits per heavy atom. The number of nitrogens with zero attached hydrogens (tertiary/aromatic N) is 1. The van der Waals surface area contributed by atoms with Crippen LogP contribution in [-0.4, -0.2) is 48.3 Å². The highest BCUT2D eigenvalue weighted by Gasteiger charge is 2.29. The normalized spacial score (nSPS) is 28.4. The number of nitrogens with one attached hydrogen (secondary N) is 1. The molecule has 2 rings (SSSR count). The first-order valence-corrected chi connectivity index (χ1v) is 5.44. The number of rotatable bonds is 3. The predicted molar refractivity (Wildman–Crippen MR) is 52.7 cm³/mol. The summed E-state index contributed by atoms with van der Waals surface area (Å²) in [7, 11) is 0. The Hall–Kier alpha value is -0.120. The summed E-state index contributed by atoms with van der Waals surface area (Å²) in [5, 5.41) is 13.5. The van der Waals surface area contributed by atoms with Crippen molar-refractivity contribution in [3.8, 4) is 0 Å². The number of aliphatic hydroxyl groups is 1. The second-order valence-corrected chi connectivity index (χ2v) is 4.42. The van der Waals surface area contributed by atoms with Gasteiger partial charge in [-0.25, -0.2) is 0 Å². The van der Waals surface area contributed by atoms with E-state index in [1.54, 1.807) is 0 Å². The average molecular weight is 184 g/mol. The molecule has 76 valence electrons. The third-order valence-electron chi connectivity index (χ3n) is 3.38.